The maximum Gasteiger partial charge on any atom is 0.153 e. The summed E-state index contributed by atoms with van der Waals surface area (Å²) in [4.78, 5) is 4.87. The van der Waals surface area contributed by atoms with E-state index in [2.05, 4.69) is 45.2 Å². The molecule has 4 rings (SSSR count). The van der Waals surface area contributed by atoms with Crippen LogP contribution in [0.15, 0.2) is 35.1 Å². The molecule has 28 heavy (non-hydrogen) atoms. The van der Waals surface area contributed by atoms with Crippen molar-refractivity contribution in [1.82, 2.24) is 20.8 Å². The van der Waals surface area contributed by atoms with Crippen molar-refractivity contribution in [2.45, 2.75) is 70.8 Å². The van der Waals surface area contributed by atoms with E-state index in [0.717, 1.165) is 23.9 Å². The molecule has 2 saturated carbocycles. The van der Waals surface area contributed by atoms with Crippen LogP contribution in [0, 0.1) is 5.41 Å². The highest BCUT2D eigenvalue weighted by Gasteiger charge is 2.48. The maximum absolute atomic E-state index is 4.87. The van der Waals surface area contributed by atoms with Crippen molar-refractivity contribution in [3.05, 3.63) is 35.8 Å². The number of aromatic amines is 1. The standard InChI is InChI=1S/C22H34N6/c1-3-7-19(24-17-12-22(13-17)14-23-15-22)25-20(8-4-2)26-21-11-18(27-28-21)16-9-5-6-10-16/h4,7-8,11,16-17,23-24H,3,5-6,9-10,12-15H2,1-2H3,(H2,25,26,27,28)/b8-4-,19-7+. The van der Waals surface area contributed by atoms with E-state index in [4.69, 9.17) is 4.99 Å². The zero-order valence-corrected chi connectivity index (χ0v) is 17.2. The van der Waals surface area contributed by atoms with Crippen LogP contribution in [0.3, 0.4) is 0 Å². The van der Waals surface area contributed by atoms with E-state index in [1.54, 1.807) is 0 Å². The minimum absolute atomic E-state index is 0.537. The number of amidine groups is 1. The molecule has 0 atom stereocenters. The van der Waals surface area contributed by atoms with Crippen LogP contribution in [-0.2, 0) is 0 Å². The first-order valence-corrected chi connectivity index (χ1v) is 10.9. The van der Waals surface area contributed by atoms with Gasteiger partial charge in [-0.3, -0.25) is 5.10 Å². The van der Waals surface area contributed by atoms with Crippen LogP contribution in [0.5, 0.6) is 0 Å². The summed E-state index contributed by atoms with van der Waals surface area (Å²) in [5.41, 5.74) is 1.81. The van der Waals surface area contributed by atoms with Gasteiger partial charge < -0.3 is 16.0 Å². The van der Waals surface area contributed by atoms with Gasteiger partial charge in [-0.25, -0.2) is 4.99 Å². The normalized spacial score (nSPS) is 23.2. The Kier molecular flexibility index (Phi) is 5.85. The Balaban J connectivity index is 1.41. The number of H-pyrrole nitrogens is 1. The monoisotopic (exact) mass is 382 g/mol. The summed E-state index contributed by atoms with van der Waals surface area (Å²) in [6.07, 6.45) is 14.8. The fourth-order valence-corrected chi connectivity index (χ4v) is 4.77. The molecule has 3 fully saturated rings. The second kappa shape index (κ2) is 8.52. The van der Waals surface area contributed by atoms with Gasteiger partial charge in [0.15, 0.2) is 5.82 Å². The Labute approximate surface area is 168 Å². The largest absolute Gasteiger partial charge is 0.367 e. The minimum Gasteiger partial charge on any atom is -0.367 e. The molecule has 0 amide bonds. The van der Waals surface area contributed by atoms with Gasteiger partial charge in [0.25, 0.3) is 0 Å². The van der Waals surface area contributed by atoms with Crippen LogP contribution in [0.25, 0.3) is 0 Å². The number of anilines is 1. The third-order valence-electron chi connectivity index (χ3n) is 6.32. The topological polar surface area (TPSA) is 77.1 Å². The van der Waals surface area contributed by atoms with E-state index in [1.807, 2.05) is 19.1 Å². The van der Waals surface area contributed by atoms with Crippen LogP contribution in [0.1, 0.15) is 70.4 Å². The van der Waals surface area contributed by atoms with Crippen LogP contribution >= 0.6 is 0 Å². The average Bonchev–Trinajstić information content (AvgIpc) is 3.27. The molecule has 1 aromatic heterocycles. The van der Waals surface area contributed by atoms with Crippen LogP contribution < -0.4 is 16.0 Å². The number of allylic oxidation sites excluding steroid dienone is 2. The van der Waals surface area contributed by atoms with E-state index in [9.17, 15) is 0 Å². The van der Waals surface area contributed by atoms with Crippen molar-refractivity contribution in [3.63, 3.8) is 0 Å². The first kappa shape index (κ1) is 19.2. The van der Waals surface area contributed by atoms with Crippen molar-refractivity contribution in [2.75, 3.05) is 18.4 Å². The molecule has 1 aromatic rings. The Hall–Kier alpha value is -2.08. The fourth-order valence-electron chi connectivity index (χ4n) is 4.77. The fraction of sp³-hybridized carbons (Fsp3) is 0.636. The van der Waals surface area contributed by atoms with Crippen LogP contribution in [0.2, 0.25) is 0 Å². The first-order chi connectivity index (χ1) is 13.7. The summed E-state index contributed by atoms with van der Waals surface area (Å²) >= 11 is 0. The molecule has 6 heteroatoms. The van der Waals surface area contributed by atoms with Crippen LogP contribution in [-0.4, -0.2) is 35.2 Å². The zero-order chi connectivity index (χ0) is 19.4. The molecule has 6 nitrogen and oxygen atoms in total. The highest BCUT2D eigenvalue weighted by atomic mass is 15.2. The molecule has 1 saturated heterocycles. The third-order valence-corrected chi connectivity index (χ3v) is 6.32. The van der Waals surface area contributed by atoms with Gasteiger partial charge in [0, 0.05) is 36.8 Å². The number of nitrogens with one attached hydrogen (secondary N) is 4. The van der Waals surface area contributed by atoms with Crippen molar-refractivity contribution >= 4 is 11.7 Å². The molecule has 2 heterocycles. The number of nitrogens with zero attached hydrogens (tertiary/aromatic N) is 2. The Bertz CT molecular complexity index is 741. The molecular formula is C22H34N6. The van der Waals surface area contributed by atoms with E-state index >= 15 is 0 Å². The van der Waals surface area contributed by atoms with E-state index in [0.29, 0.717) is 17.4 Å². The molecule has 3 aliphatic rings. The molecule has 0 unspecified atom stereocenters. The van der Waals surface area contributed by atoms with Gasteiger partial charge in [0.2, 0.25) is 0 Å². The number of aromatic nitrogens is 2. The van der Waals surface area contributed by atoms with Gasteiger partial charge in [0.05, 0.1) is 0 Å². The summed E-state index contributed by atoms with van der Waals surface area (Å²) in [6, 6.07) is 2.68. The molecule has 0 aromatic carbocycles. The van der Waals surface area contributed by atoms with E-state index in [-0.39, 0.29) is 0 Å². The SMILES string of the molecule is C\C=C/C(=N\C(=C\CC)NC1CC2(CNC2)C1)Nc1cc(C2CCCC2)[nH]n1. The highest BCUT2D eigenvalue weighted by molar-refractivity contribution is 6.03. The predicted molar refractivity (Wildman–Crippen MR) is 116 cm³/mol. The van der Waals surface area contributed by atoms with E-state index in [1.165, 1.54) is 57.3 Å². The van der Waals surface area contributed by atoms with Gasteiger partial charge in [0.1, 0.15) is 11.7 Å². The molecule has 4 N–H and O–H groups in total. The third kappa shape index (κ3) is 4.32. The average molecular weight is 383 g/mol. The van der Waals surface area contributed by atoms with Crippen molar-refractivity contribution < 1.29 is 0 Å². The summed E-state index contributed by atoms with van der Waals surface area (Å²) in [7, 11) is 0. The summed E-state index contributed by atoms with van der Waals surface area (Å²) in [6.45, 7) is 6.52. The molecule has 2 aliphatic carbocycles. The van der Waals surface area contributed by atoms with Crippen LogP contribution in [0.4, 0.5) is 5.82 Å². The maximum atomic E-state index is 4.87. The summed E-state index contributed by atoms with van der Waals surface area (Å²) in [5.74, 6) is 3.26. The Morgan fingerprint density at radius 1 is 1.32 bits per heavy atom. The first-order valence-electron chi connectivity index (χ1n) is 10.9. The number of aliphatic imine (C=N–C) groups is 1. The van der Waals surface area contributed by atoms with Gasteiger partial charge >= 0.3 is 0 Å². The second-order valence-electron chi connectivity index (χ2n) is 8.66. The van der Waals surface area contributed by atoms with Crippen molar-refractivity contribution in [3.8, 4) is 0 Å². The van der Waals surface area contributed by atoms with Gasteiger partial charge in [-0.2, -0.15) is 5.10 Å². The Morgan fingerprint density at radius 3 is 2.75 bits per heavy atom. The van der Waals surface area contributed by atoms with Gasteiger partial charge in [-0.1, -0.05) is 25.8 Å². The lowest BCUT2D eigenvalue weighted by molar-refractivity contribution is 0.0276. The van der Waals surface area contributed by atoms with E-state index < -0.39 is 0 Å². The molecule has 0 radical (unpaired) electrons. The summed E-state index contributed by atoms with van der Waals surface area (Å²) < 4.78 is 0. The Morgan fingerprint density at radius 2 is 2.11 bits per heavy atom. The molecule has 1 aliphatic heterocycles. The highest BCUT2D eigenvalue weighted by Crippen LogP contribution is 2.44. The molecule has 1 spiro atoms. The molecule has 0 bridgehead atoms. The second-order valence-corrected chi connectivity index (χ2v) is 8.66. The number of hydrogen-bond donors (Lipinski definition) is 4. The van der Waals surface area contributed by atoms with Crippen molar-refractivity contribution in [1.29, 1.82) is 0 Å². The lowest BCUT2D eigenvalue weighted by Gasteiger charge is -2.54. The molecule has 152 valence electrons. The van der Waals surface area contributed by atoms with Gasteiger partial charge in [-0.15, -0.1) is 0 Å². The zero-order valence-electron chi connectivity index (χ0n) is 17.2. The van der Waals surface area contributed by atoms with Gasteiger partial charge in [-0.05, 0) is 56.6 Å². The predicted octanol–water partition coefficient (Wildman–Crippen LogP) is 4.05. The lowest BCUT2D eigenvalue weighted by atomic mass is 9.62. The minimum atomic E-state index is 0.537. The molecular weight excluding hydrogens is 348 g/mol. The smallest absolute Gasteiger partial charge is 0.153 e. The number of hydrogen-bond acceptors (Lipinski definition) is 4. The quantitative estimate of drug-likeness (QED) is 0.424. The number of rotatable bonds is 7. The summed E-state index contributed by atoms with van der Waals surface area (Å²) in [5, 5.41) is 18.1. The van der Waals surface area contributed by atoms with Crippen molar-refractivity contribution in [2.24, 2.45) is 10.4 Å². The lowest BCUT2D eigenvalue weighted by Crippen LogP contribution is -2.64.